The van der Waals surface area contributed by atoms with Gasteiger partial charge in [-0.2, -0.15) is 4.40 Å². The first-order valence-corrected chi connectivity index (χ1v) is 8.48. The minimum atomic E-state index is 0.880. The van der Waals surface area contributed by atoms with Crippen LogP contribution in [0, 0.1) is 0 Å². The van der Waals surface area contributed by atoms with Crippen molar-refractivity contribution >= 4 is 23.5 Å². The smallest absolute Gasteiger partial charge is 0.149 e. The Balaban J connectivity index is 1.76. The number of rotatable bonds is 1. The van der Waals surface area contributed by atoms with Gasteiger partial charge in [-0.3, -0.25) is 4.98 Å². The zero-order valence-corrected chi connectivity index (χ0v) is 13.1. The highest BCUT2D eigenvalue weighted by molar-refractivity contribution is 7.98. The molecule has 23 heavy (non-hydrogen) atoms. The molecule has 0 bridgehead atoms. The minimum absolute atomic E-state index is 0.880. The van der Waals surface area contributed by atoms with Crippen LogP contribution < -0.4 is 4.90 Å². The summed E-state index contributed by atoms with van der Waals surface area (Å²) in [5.41, 5.74) is 7.38. The fraction of sp³-hybridized carbons (Fsp3) is 0.0526. The molecule has 0 spiro atoms. The van der Waals surface area contributed by atoms with Crippen LogP contribution in [-0.4, -0.2) is 16.7 Å². The van der Waals surface area contributed by atoms with Crippen molar-refractivity contribution in [1.29, 1.82) is 0 Å². The summed E-state index contributed by atoms with van der Waals surface area (Å²) in [6.45, 7) is 0. The van der Waals surface area contributed by atoms with Crippen LogP contribution in [0.2, 0.25) is 0 Å². The van der Waals surface area contributed by atoms with Gasteiger partial charge in [-0.15, -0.1) is 0 Å². The molecule has 3 aromatic rings. The second kappa shape index (κ2) is 4.96. The van der Waals surface area contributed by atoms with E-state index in [4.69, 9.17) is 0 Å². The third kappa shape index (κ3) is 1.92. The third-order valence-electron chi connectivity index (χ3n) is 4.35. The number of aromatic nitrogens is 1. The van der Waals surface area contributed by atoms with E-state index < -0.39 is 0 Å². The molecule has 3 nitrogen and oxygen atoms in total. The Morgan fingerprint density at radius 2 is 1.70 bits per heavy atom. The molecule has 2 aliphatic heterocycles. The van der Waals surface area contributed by atoms with Crippen molar-refractivity contribution in [3.05, 3.63) is 72.6 Å². The molecule has 2 aromatic carbocycles. The molecule has 0 radical (unpaired) electrons. The van der Waals surface area contributed by atoms with Crippen LogP contribution in [0.25, 0.3) is 22.3 Å². The van der Waals surface area contributed by atoms with Crippen LogP contribution >= 0.6 is 11.9 Å². The Morgan fingerprint density at radius 3 is 2.61 bits per heavy atom. The molecule has 0 amide bonds. The van der Waals surface area contributed by atoms with Gasteiger partial charge in [0.2, 0.25) is 0 Å². The molecule has 0 fully saturated rings. The lowest BCUT2D eigenvalue weighted by Crippen LogP contribution is -2.31. The Kier molecular flexibility index (Phi) is 2.78. The molecule has 0 saturated carbocycles. The van der Waals surface area contributed by atoms with Crippen molar-refractivity contribution < 1.29 is 0 Å². The van der Waals surface area contributed by atoms with Gasteiger partial charge >= 0.3 is 0 Å². The Labute approximate surface area is 138 Å². The van der Waals surface area contributed by atoms with Crippen molar-refractivity contribution in [2.45, 2.75) is 0 Å². The fourth-order valence-electron chi connectivity index (χ4n) is 3.26. The predicted molar refractivity (Wildman–Crippen MR) is 96.6 cm³/mol. The highest BCUT2D eigenvalue weighted by Crippen LogP contribution is 2.43. The maximum Gasteiger partial charge on any atom is 0.149 e. The molecule has 4 heteroatoms. The Hall–Kier alpha value is -2.59. The van der Waals surface area contributed by atoms with Gasteiger partial charge in [-0.25, -0.2) is 0 Å². The van der Waals surface area contributed by atoms with Gasteiger partial charge in [-0.05, 0) is 52.9 Å². The van der Waals surface area contributed by atoms with E-state index in [0.29, 0.717) is 0 Å². The molecule has 2 aliphatic rings. The molecule has 110 valence electrons. The first-order chi connectivity index (χ1) is 11.4. The zero-order chi connectivity index (χ0) is 15.2. The SMILES string of the molecule is c1ccc2c(c1)-c1ccc(-c3ccncc3)cc1C1=NSCN12. The van der Waals surface area contributed by atoms with E-state index in [1.54, 1.807) is 11.9 Å². The number of fused-ring (bicyclic) bond motifs is 6. The standard InChI is InChI=1S/C19H13N3S/c1-2-4-18-16(3-1)15-6-5-14(13-7-9-20-10-8-13)11-17(15)19-21-23-12-22(18)19/h1-11H,12H2. The zero-order valence-electron chi connectivity index (χ0n) is 12.3. The maximum atomic E-state index is 4.68. The van der Waals surface area contributed by atoms with Crippen LogP contribution in [0.1, 0.15) is 5.56 Å². The second-order valence-corrected chi connectivity index (χ2v) is 6.31. The van der Waals surface area contributed by atoms with Crippen molar-refractivity contribution in [2.24, 2.45) is 4.40 Å². The van der Waals surface area contributed by atoms with Crippen molar-refractivity contribution in [2.75, 3.05) is 10.8 Å². The minimum Gasteiger partial charge on any atom is -0.313 e. The number of para-hydroxylation sites is 1. The maximum absolute atomic E-state index is 4.68. The predicted octanol–water partition coefficient (Wildman–Crippen LogP) is 4.60. The number of hydrogen-bond donors (Lipinski definition) is 0. The van der Waals surface area contributed by atoms with Crippen molar-refractivity contribution in [3.8, 4) is 22.3 Å². The van der Waals surface area contributed by atoms with Gasteiger partial charge in [-0.1, -0.05) is 30.3 Å². The largest absolute Gasteiger partial charge is 0.313 e. The molecule has 1 aromatic heterocycles. The number of hydrogen-bond acceptors (Lipinski definition) is 4. The van der Waals surface area contributed by atoms with E-state index in [2.05, 4.69) is 56.7 Å². The lowest BCUT2D eigenvalue weighted by atomic mass is 9.90. The van der Waals surface area contributed by atoms with E-state index in [0.717, 1.165) is 11.7 Å². The monoisotopic (exact) mass is 315 g/mol. The van der Waals surface area contributed by atoms with E-state index in [1.165, 1.54) is 33.5 Å². The molecule has 0 N–H and O–H groups in total. The molecule has 0 unspecified atom stereocenters. The van der Waals surface area contributed by atoms with Crippen molar-refractivity contribution in [1.82, 2.24) is 4.98 Å². The third-order valence-corrected chi connectivity index (χ3v) is 5.03. The van der Waals surface area contributed by atoms with Gasteiger partial charge in [0.15, 0.2) is 0 Å². The molecule has 0 atom stereocenters. The number of amidine groups is 1. The Bertz CT molecular complexity index is 934. The summed E-state index contributed by atoms with van der Waals surface area (Å²) in [5.74, 6) is 1.95. The summed E-state index contributed by atoms with van der Waals surface area (Å²) in [7, 11) is 0. The van der Waals surface area contributed by atoms with Gasteiger partial charge in [0.25, 0.3) is 0 Å². The number of benzene rings is 2. The molecular weight excluding hydrogens is 302 g/mol. The molecule has 3 heterocycles. The van der Waals surface area contributed by atoms with E-state index >= 15 is 0 Å². The summed E-state index contributed by atoms with van der Waals surface area (Å²) < 4.78 is 4.68. The van der Waals surface area contributed by atoms with Crippen LogP contribution in [0.3, 0.4) is 0 Å². The van der Waals surface area contributed by atoms with Gasteiger partial charge < -0.3 is 4.90 Å². The van der Waals surface area contributed by atoms with Gasteiger partial charge in [0, 0.05) is 23.5 Å². The van der Waals surface area contributed by atoms with E-state index in [-0.39, 0.29) is 0 Å². The Morgan fingerprint density at radius 1 is 0.826 bits per heavy atom. The highest BCUT2D eigenvalue weighted by Gasteiger charge is 2.30. The summed E-state index contributed by atoms with van der Waals surface area (Å²) in [6, 6.07) is 19.3. The summed E-state index contributed by atoms with van der Waals surface area (Å²) in [4.78, 5) is 6.41. The highest BCUT2D eigenvalue weighted by atomic mass is 32.2. The lowest BCUT2D eigenvalue weighted by molar-refractivity contribution is 1.23. The lowest BCUT2D eigenvalue weighted by Gasteiger charge is -2.29. The quantitative estimate of drug-likeness (QED) is 0.614. The van der Waals surface area contributed by atoms with Gasteiger partial charge in [0.05, 0.1) is 11.6 Å². The normalized spacial score (nSPS) is 14.8. The number of pyridine rings is 1. The summed E-state index contributed by atoms with van der Waals surface area (Å²) in [6.07, 6.45) is 3.67. The first-order valence-electron chi connectivity index (χ1n) is 7.53. The second-order valence-electron chi connectivity index (χ2n) is 5.61. The average molecular weight is 315 g/mol. The topological polar surface area (TPSA) is 28.5 Å². The molecule has 5 rings (SSSR count). The fourth-order valence-corrected chi connectivity index (χ4v) is 4.01. The van der Waals surface area contributed by atoms with Crippen molar-refractivity contribution in [3.63, 3.8) is 0 Å². The van der Waals surface area contributed by atoms with Crippen LogP contribution in [0.15, 0.2) is 71.4 Å². The average Bonchev–Trinajstić information content (AvgIpc) is 3.12. The number of anilines is 1. The summed E-state index contributed by atoms with van der Waals surface area (Å²) >= 11 is 1.61. The van der Waals surface area contributed by atoms with E-state index in [9.17, 15) is 0 Å². The van der Waals surface area contributed by atoms with Crippen LogP contribution in [-0.2, 0) is 0 Å². The molecule has 0 saturated heterocycles. The summed E-state index contributed by atoms with van der Waals surface area (Å²) in [5, 5.41) is 0. The first kappa shape index (κ1) is 12.9. The molecular formula is C19H13N3S. The van der Waals surface area contributed by atoms with Crippen LogP contribution in [0.5, 0.6) is 0 Å². The molecule has 0 aliphatic carbocycles. The number of nitrogens with zero attached hydrogens (tertiary/aromatic N) is 3. The van der Waals surface area contributed by atoms with E-state index in [1.807, 2.05) is 24.5 Å². The van der Waals surface area contributed by atoms with Crippen LogP contribution in [0.4, 0.5) is 5.69 Å². The van der Waals surface area contributed by atoms with Gasteiger partial charge in [0.1, 0.15) is 5.84 Å².